The summed E-state index contributed by atoms with van der Waals surface area (Å²) in [7, 11) is 1.58. The minimum Gasteiger partial charge on any atom is -0.493 e. The number of hydrogen-bond acceptors (Lipinski definition) is 5. The number of methoxy groups -OCH3 is 1. The number of nitrogens with zero attached hydrogens (tertiary/aromatic N) is 2. The molecular formula is C21H16N2O3. The number of rotatable bonds is 5. The lowest BCUT2D eigenvalue weighted by atomic mass is 10.00. The molecule has 128 valence electrons. The summed E-state index contributed by atoms with van der Waals surface area (Å²) in [6.07, 6.45) is 5.37. The Labute approximate surface area is 150 Å². The van der Waals surface area contributed by atoms with Crippen LogP contribution in [0.4, 0.5) is 0 Å². The summed E-state index contributed by atoms with van der Waals surface area (Å²) in [5.74, 6) is 1.20. The molecule has 0 saturated heterocycles. The first kappa shape index (κ1) is 16.0. The second kappa shape index (κ2) is 6.80. The molecule has 26 heavy (non-hydrogen) atoms. The summed E-state index contributed by atoms with van der Waals surface area (Å²) in [4.78, 5) is 21.2. The van der Waals surface area contributed by atoms with Gasteiger partial charge in [-0.3, -0.25) is 14.8 Å². The number of ketones is 1. The van der Waals surface area contributed by atoms with E-state index >= 15 is 0 Å². The zero-order chi connectivity index (χ0) is 17.9. The number of benzene rings is 1. The molecule has 3 aromatic heterocycles. The molecule has 3 heterocycles. The van der Waals surface area contributed by atoms with Gasteiger partial charge in [-0.25, -0.2) is 0 Å². The second-order valence-corrected chi connectivity index (χ2v) is 5.84. The highest BCUT2D eigenvalue weighted by molar-refractivity contribution is 6.09. The van der Waals surface area contributed by atoms with Gasteiger partial charge in [0, 0.05) is 36.0 Å². The molecule has 0 aliphatic carbocycles. The van der Waals surface area contributed by atoms with E-state index in [4.69, 9.17) is 9.15 Å². The smallest absolute Gasteiger partial charge is 0.177 e. The summed E-state index contributed by atoms with van der Waals surface area (Å²) in [5, 5.41) is 0.726. The zero-order valence-corrected chi connectivity index (χ0v) is 14.2. The van der Waals surface area contributed by atoms with E-state index in [0.717, 1.165) is 10.9 Å². The molecule has 1 aromatic carbocycles. The molecule has 0 fully saturated rings. The first-order valence-electron chi connectivity index (χ1n) is 8.20. The molecule has 0 atom stereocenters. The maximum atomic E-state index is 12.9. The number of fused-ring (bicyclic) bond motifs is 1. The Morgan fingerprint density at radius 1 is 1.08 bits per heavy atom. The number of carbonyl (C=O) groups excluding carboxylic acids is 1. The topological polar surface area (TPSA) is 65.2 Å². The lowest BCUT2D eigenvalue weighted by molar-refractivity contribution is 0.0994. The van der Waals surface area contributed by atoms with Crippen molar-refractivity contribution < 1.29 is 13.9 Å². The second-order valence-electron chi connectivity index (χ2n) is 5.84. The maximum absolute atomic E-state index is 12.9. The lowest BCUT2D eigenvalue weighted by Gasteiger charge is -2.05. The third-order valence-electron chi connectivity index (χ3n) is 4.20. The van der Waals surface area contributed by atoms with Gasteiger partial charge < -0.3 is 9.15 Å². The van der Waals surface area contributed by atoms with E-state index in [1.54, 1.807) is 37.8 Å². The van der Waals surface area contributed by atoms with Gasteiger partial charge in [-0.1, -0.05) is 6.07 Å². The number of pyridine rings is 2. The highest BCUT2D eigenvalue weighted by Gasteiger charge is 2.18. The average Bonchev–Trinajstić information content (AvgIpc) is 3.14. The Bertz CT molecular complexity index is 1060. The molecule has 4 rings (SSSR count). The molecule has 0 radical (unpaired) electrons. The first-order chi connectivity index (χ1) is 12.8. The largest absolute Gasteiger partial charge is 0.493 e. The SMILES string of the molecule is COc1ccc(C(=O)Cc2ccncc2)c2cc(-c3ccccn3)oc12. The fraction of sp³-hybridized carbons (Fsp3) is 0.0952. The predicted octanol–water partition coefficient (Wildman–Crippen LogP) is 4.32. The van der Waals surface area contributed by atoms with Crippen LogP contribution in [-0.4, -0.2) is 22.9 Å². The highest BCUT2D eigenvalue weighted by Crippen LogP contribution is 2.35. The van der Waals surface area contributed by atoms with Gasteiger partial charge in [0.15, 0.2) is 22.9 Å². The molecule has 0 N–H and O–H groups in total. The molecule has 0 saturated carbocycles. The van der Waals surface area contributed by atoms with E-state index in [0.29, 0.717) is 34.8 Å². The lowest BCUT2D eigenvalue weighted by Crippen LogP contribution is -2.04. The van der Waals surface area contributed by atoms with Crippen molar-refractivity contribution in [2.24, 2.45) is 0 Å². The van der Waals surface area contributed by atoms with Crippen LogP contribution in [0, 0.1) is 0 Å². The molecule has 0 amide bonds. The minimum absolute atomic E-state index is 0.0113. The van der Waals surface area contributed by atoms with Crippen LogP contribution in [0.3, 0.4) is 0 Å². The van der Waals surface area contributed by atoms with Gasteiger partial charge in [0.05, 0.1) is 7.11 Å². The van der Waals surface area contributed by atoms with Crippen molar-refractivity contribution in [2.75, 3.05) is 7.11 Å². The van der Waals surface area contributed by atoms with E-state index in [2.05, 4.69) is 9.97 Å². The third kappa shape index (κ3) is 2.95. The molecule has 0 unspecified atom stereocenters. The zero-order valence-electron chi connectivity index (χ0n) is 14.2. The van der Waals surface area contributed by atoms with Gasteiger partial charge in [0.1, 0.15) is 5.69 Å². The summed E-state index contributed by atoms with van der Waals surface area (Å²) in [6, 6.07) is 14.7. The molecule has 0 aliphatic heterocycles. The van der Waals surface area contributed by atoms with Crippen molar-refractivity contribution in [3.05, 3.63) is 78.2 Å². The van der Waals surface area contributed by atoms with Crippen molar-refractivity contribution in [3.8, 4) is 17.2 Å². The van der Waals surface area contributed by atoms with Crippen LogP contribution in [0.15, 0.2) is 71.5 Å². The number of ether oxygens (including phenoxy) is 1. The number of aromatic nitrogens is 2. The van der Waals surface area contributed by atoms with Crippen LogP contribution < -0.4 is 4.74 Å². The van der Waals surface area contributed by atoms with Crippen LogP contribution in [-0.2, 0) is 6.42 Å². The summed E-state index contributed by atoms with van der Waals surface area (Å²) >= 11 is 0. The summed E-state index contributed by atoms with van der Waals surface area (Å²) < 4.78 is 11.4. The first-order valence-corrected chi connectivity index (χ1v) is 8.20. The Hall–Kier alpha value is -3.47. The van der Waals surface area contributed by atoms with Gasteiger partial charge >= 0.3 is 0 Å². The molecule has 0 spiro atoms. The number of hydrogen-bond donors (Lipinski definition) is 0. The number of Topliss-reactive ketones (excluding diaryl/α,β-unsaturated/α-hetero) is 1. The van der Waals surface area contributed by atoms with Crippen molar-refractivity contribution in [1.29, 1.82) is 0 Å². The van der Waals surface area contributed by atoms with Crippen molar-refractivity contribution in [1.82, 2.24) is 9.97 Å². The Morgan fingerprint density at radius 3 is 2.65 bits per heavy atom. The maximum Gasteiger partial charge on any atom is 0.177 e. The Morgan fingerprint density at radius 2 is 1.92 bits per heavy atom. The van der Waals surface area contributed by atoms with Gasteiger partial charge in [0.25, 0.3) is 0 Å². The predicted molar refractivity (Wildman–Crippen MR) is 98.3 cm³/mol. The monoisotopic (exact) mass is 344 g/mol. The molecule has 5 heteroatoms. The van der Waals surface area contributed by atoms with Crippen LogP contribution in [0.5, 0.6) is 5.75 Å². The fourth-order valence-corrected chi connectivity index (χ4v) is 2.92. The standard InChI is InChI=1S/C21H16N2O3/c1-25-19-6-5-15(18(24)12-14-7-10-22-11-8-14)16-13-20(26-21(16)19)17-4-2-3-9-23-17/h2-11,13H,12H2,1H3. The van der Waals surface area contributed by atoms with Crippen molar-refractivity contribution in [2.45, 2.75) is 6.42 Å². The number of furan rings is 1. The molecule has 4 aromatic rings. The third-order valence-corrected chi connectivity index (χ3v) is 4.20. The molecule has 5 nitrogen and oxygen atoms in total. The van der Waals surface area contributed by atoms with Crippen LogP contribution in [0.2, 0.25) is 0 Å². The Kier molecular flexibility index (Phi) is 4.19. The van der Waals surface area contributed by atoms with Gasteiger partial charge in [0.2, 0.25) is 0 Å². The van der Waals surface area contributed by atoms with Gasteiger partial charge in [-0.15, -0.1) is 0 Å². The van der Waals surface area contributed by atoms with E-state index in [9.17, 15) is 4.79 Å². The van der Waals surface area contributed by atoms with Crippen LogP contribution in [0.25, 0.3) is 22.4 Å². The minimum atomic E-state index is 0.0113. The molecular weight excluding hydrogens is 328 g/mol. The number of carbonyl (C=O) groups is 1. The molecule has 0 aliphatic rings. The highest BCUT2D eigenvalue weighted by atomic mass is 16.5. The molecule has 0 bridgehead atoms. The summed E-state index contributed by atoms with van der Waals surface area (Å²) in [5.41, 5.74) is 2.78. The van der Waals surface area contributed by atoms with Gasteiger partial charge in [-0.2, -0.15) is 0 Å². The summed E-state index contributed by atoms with van der Waals surface area (Å²) in [6.45, 7) is 0. The van der Waals surface area contributed by atoms with Crippen LogP contribution in [0.1, 0.15) is 15.9 Å². The normalized spacial score (nSPS) is 10.8. The fourth-order valence-electron chi connectivity index (χ4n) is 2.92. The van der Waals surface area contributed by atoms with E-state index in [1.807, 2.05) is 36.4 Å². The van der Waals surface area contributed by atoms with Crippen molar-refractivity contribution in [3.63, 3.8) is 0 Å². The van der Waals surface area contributed by atoms with E-state index < -0.39 is 0 Å². The average molecular weight is 344 g/mol. The van der Waals surface area contributed by atoms with Crippen molar-refractivity contribution >= 4 is 16.8 Å². The van der Waals surface area contributed by atoms with E-state index in [-0.39, 0.29) is 5.78 Å². The quantitative estimate of drug-likeness (QED) is 0.504. The van der Waals surface area contributed by atoms with Gasteiger partial charge in [-0.05, 0) is 48.0 Å². The van der Waals surface area contributed by atoms with E-state index in [1.165, 1.54) is 0 Å². The Balaban J connectivity index is 1.80. The van der Waals surface area contributed by atoms with Crippen LogP contribution >= 0.6 is 0 Å².